The first-order valence-electron chi connectivity index (χ1n) is 5.71. The lowest BCUT2D eigenvalue weighted by Gasteiger charge is -2.04. The maximum absolute atomic E-state index is 12.0. The van der Waals surface area contributed by atoms with Crippen LogP contribution in [-0.2, 0) is 0 Å². The largest absolute Gasteiger partial charge is 0.319 e. The van der Waals surface area contributed by atoms with E-state index >= 15 is 0 Å². The van der Waals surface area contributed by atoms with Gasteiger partial charge in [0.05, 0.1) is 11.9 Å². The molecule has 1 amide bonds. The summed E-state index contributed by atoms with van der Waals surface area (Å²) in [4.78, 5) is 12.7. The van der Waals surface area contributed by atoms with E-state index in [1.807, 2.05) is 26.1 Å². The minimum atomic E-state index is -0.158. The van der Waals surface area contributed by atoms with Crippen LogP contribution >= 0.6 is 12.6 Å². The van der Waals surface area contributed by atoms with Gasteiger partial charge in [0.1, 0.15) is 0 Å². The summed E-state index contributed by atoms with van der Waals surface area (Å²) in [6, 6.07) is 7.38. The van der Waals surface area contributed by atoms with E-state index in [1.54, 1.807) is 29.1 Å². The number of anilines is 1. The summed E-state index contributed by atoms with van der Waals surface area (Å²) in [6.07, 6.45) is 3.45. The van der Waals surface area contributed by atoms with Crippen molar-refractivity contribution in [2.75, 3.05) is 5.32 Å². The minimum Gasteiger partial charge on any atom is -0.319 e. The van der Waals surface area contributed by atoms with Crippen LogP contribution in [0.15, 0.2) is 41.6 Å². The van der Waals surface area contributed by atoms with Gasteiger partial charge in [-0.1, -0.05) is 6.07 Å². The number of amides is 1. The van der Waals surface area contributed by atoms with E-state index in [-0.39, 0.29) is 11.9 Å². The Bertz CT molecular complexity index is 563. The predicted molar refractivity (Wildman–Crippen MR) is 74.3 cm³/mol. The van der Waals surface area contributed by atoms with Gasteiger partial charge in [0.15, 0.2) is 0 Å². The molecule has 0 saturated heterocycles. The van der Waals surface area contributed by atoms with Crippen molar-refractivity contribution in [1.29, 1.82) is 0 Å². The molecule has 0 spiro atoms. The van der Waals surface area contributed by atoms with Gasteiger partial charge in [0.25, 0.3) is 5.91 Å². The molecule has 94 valence electrons. The Kier molecular flexibility index (Phi) is 3.72. The lowest BCUT2D eigenvalue weighted by molar-refractivity contribution is 0.102. The summed E-state index contributed by atoms with van der Waals surface area (Å²) in [6.45, 7) is 4.06. The number of carbonyl (C=O) groups is 1. The Balaban J connectivity index is 2.11. The molecular formula is C13H15N3OS. The number of benzene rings is 1. The third-order valence-corrected chi connectivity index (χ3v) is 2.77. The molecule has 0 radical (unpaired) electrons. The molecule has 18 heavy (non-hydrogen) atoms. The average Bonchev–Trinajstić information content (AvgIpc) is 2.77. The normalized spacial score (nSPS) is 10.7. The van der Waals surface area contributed by atoms with E-state index in [1.165, 1.54) is 0 Å². The molecule has 0 atom stereocenters. The summed E-state index contributed by atoms with van der Waals surface area (Å²) in [7, 11) is 0. The van der Waals surface area contributed by atoms with Crippen molar-refractivity contribution in [2.24, 2.45) is 0 Å². The van der Waals surface area contributed by atoms with Gasteiger partial charge in [-0.05, 0) is 32.0 Å². The maximum Gasteiger partial charge on any atom is 0.255 e. The summed E-state index contributed by atoms with van der Waals surface area (Å²) in [5.74, 6) is -0.158. The fraction of sp³-hybridized carbons (Fsp3) is 0.231. The molecule has 0 aliphatic heterocycles. The molecule has 2 rings (SSSR count). The van der Waals surface area contributed by atoms with Gasteiger partial charge < -0.3 is 5.32 Å². The first kappa shape index (κ1) is 12.7. The monoisotopic (exact) mass is 261 g/mol. The van der Waals surface area contributed by atoms with E-state index in [2.05, 4.69) is 23.0 Å². The molecule has 0 bridgehead atoms. The van der Waals surface area contributed by atoms with Crippen molar-refractivity contribution in [3.05, 3.63) is 42.2 Å². The molecule has 0 saturated carbocycles. The van der Waals surface area contributed by atoms with Crippen LogP contribution in [0.25, 0.3) is 0 Å². The van der Waals surface area contributed by atoms with Crippen LogP contribution in [-0.4, -0.2) is 15.7 Å². The Morgan fingerprint density at radius 1 is 1.44 bits per heavy atom. The highest BCUT2D eigenvalue weighted by molar-refractivity contribution is 7.80. The van der Waals surface area contributed by atoms with Crippen LogP contribution in [0, 0.1) is 0 Å². The first-order chi connectivity index (χ1) is 8.56. The average molecular weight is 261 g/mol. The number of thiol groups is 1. The van der Waals surface area contributed by atoms with Crippen molar-refractivity contribution in [2.45, 2.75) is 24.8 Å². The zero-order valence-electron chi connectivity index (χ0n) is 10.3. The van der Waals surface area contributed by atoms with E-state index in [0.717, 1.165) is 4.90 Å². The molecular weight excluding hydrogens is 246 g/mol. The molecule has 1 N–H and O–H groups in total. The molecule has 0 fully saturated rings. The van der Waals surface area contributed by atoms with Gasteiger partial charge in [0.2, 0.25) is 0 Å². The Labute approximate surface area is 111 Å². The van der Waals surface area contributed by atoms with Crippen LogP contribution in [0.4, 0.5) is 5.69 Å². The highest BCUT2D eigenvalue weighted by Crippen LogP contribution is 2.13. The molecule has 0 aliphatic carbocycles. The molecule has 5 heteroatoms. The van der Waals surface area contributed by atoms with Crippen molar-refractivity contribution < 1.29 is 4.79 Å². The van der Waals surface area contributed by atoms with Crippen LogP contribution in [0.3, 0.4) is 0 Å². The fourth-order valence-electron chi connectivity index (χ4n) is 1.54. The highest BCUT2D eigenvalue weighted by atomic mass is 32.1. The topological polar surface area (TPSA) is 46.9 Å². The van der Waals surface area contributed by atoms with E-state index in [0.29, 0.717) is 11.3 Å². The summed E-state index contributed by atoms with van der Waals surface area (Å²) in [5, 5.41) is 6.97. The van der Waals surface area contributed by atoms with Gasteiger partial charge >= 0.3 is 0 Å². The zero-order chi connectivity index (χ0) is 13.1. The van der Waals surface area contributed by atoms with Crippen LogP contribution in [0.5, 0.6) is 0 Å². The zero-order valence-corrected chi connectivity index (χ0v) is 11.2. The fourth-order valence-corrected chi connectivity index (χ4v) is 1.76. The second-order valence-electron chi connectivity index (χ2n) is 4.31. The Hall–Kier alpha value is -1.75. The number of carbonyl (C=O) groups excluding carboxylic acids is 1. The molecule has 1 heterocycles. The van der Waals surface area contributed by atoms with Crippen LogP contribution < -0.4 is 5.32 Å². The smallest absolute Gasteiger partial charge is 0.255 e. The van der Waals surface area contributed by atoms with Gasteiger partial charge in [-0.2, -0.15) is 5.10 Å². The lowest BCUT2D eigenvalue weighted by Crippen LogP contribution is -2.11. The van der Waals surface area contributed by atoms with Crippen LogP contribution in [0.2, 0.25) is 0 Å². The van der Waals surface area contributed by atoms with Gasteiger partial charge in [-0.15, -0.1) is 12.6 Å². The number of nitrogens with one attached hydrogen (secondary N) is 1. The third-order valence-electron chi connectivity index (χ3n) is 2.50. The van der Waals surface area contributed by atoms with E-state index < -0.39 is 0 Å². The number of rotatable bonds is 3. The second kappa shape index (κ2) is 5.27. The van der Waals surface area contributed by atoms with Crippen molar-refractivity contribution >= 4 is 24.2 Å². The standard InChI is InChI=1S/C13H15N3OS/c1-9(2)16-8-11(7-14-16)15-13(17)10-4-3-5-12(18)6-10/h3-9,18H,1-2H3,(H,15,17). The van der Waals surface area contributed by atoms with Gasteiger partial charge in [-0.25, -0.2) is 0 Å². The summed E-state index contributed by atoms with van der Waals surface area (Å²) < 4.78 is 1.80. The number of aromatic nitrogens is 2. The van der Waals surface area contributed by atoms with Crippen molar-refractivity contribution in [3.63, 3.8) is 0 Å². The second-order valence-corrected chi connectivity index (χ2v) is 4.82. The summed E-state index contributed by atoms with van der Waals surface area (Å²) >= 11 is 4.21. The Morgan fingerprint density at radius 3 is 2.83 bits per heavy atom. The summed E-state index contributed by atoms with van der Waals surface area (Å²) in [5.41, 5.74) is 1.28. The SMILES string of the molecule is CC(C)n1cc(NC(=O)c2cccc(S)c2)cn1. The Morgan fingerprint density at radius 2 is 2.22 bits per heavy atom. The molecule has 4 nitrogen and oxygen atoms in total. The van der Waals surface area contributed by atoms with E-state index in [9.17, 15) is 4.79 Å². The number of hydrogen-bond acceptors (Lipinski definition) is 3. The molecule has 1 aromatic heterocycles. The van der Waals surface area contributed by atoms with Crippen molar-refractivity contribution in [1.82, 2.24) is 9.78 Å². The number of nitrogens with zero attached hydrogens (tertiary/aromatic N) is 2. The first-order valence-corrected chi connectivity index (χ1v) is 6.15. The van der Waals surface area contributed by atoms with Gasteiger partial charge in [0, 0.05) is 22.7 Å². The quantitative estimate of drug-likeness (QED) is 0.834. The highest BCUT2D eigenvalue weighted by Gasteiger charge is 2.08. The molecule has 0 unspecified atom stereocenters. The maximum atomic E-state index is 12.0. The predicted octanol–water partition coefficient (Wildman–Crippen LogP) is 3.01. The molecule has 2 aromatic rings. The van der Waals surface area contributed by atoms with Gasteiger partial charge in [-0.3, -0.25) is 9.48 Å². The number of hydrogen-bond donors (Lipinski definition) is 2. The minimum absolute atomic E-state index is 0.158. The third kappa shape index (κ3) is 2.92. The lowest BCUT2D eigenvalue weighted by atomic mass is 10.2. The molecule has 0 aliphatic rings. The van der Waals surface area contributed by atoms with Crippen LogP contribution in [0.1, 0.15) is 30.2 Å². The van der Waals surface area contributed by atoms with E-state index in [4.69, 9.17) is 0 Å². The van der Waals surface area contributed by atoms with Crippen molar-refractivity contribution in [3.8, 4) is 0 Å². The molecule has 1 aromatic carbocycles.